The van der Waals surface area contributed by atoms with E-state index in [4.69, 9.17) is 10.5 Å². The summed E-state index contributed by atoms with van der Waals surface area (Å²) in [7, 11) is 0. The van der Waals surface area contributed by atoms with Crippen molar-refractivity contribution in [1.82, 2.24) is 19.9 Å². The van der Waals surface area contributed by atoms with Crippen LogP contribution < -0.4 is 5.73 Å². The van der Waals surface area contributed by atoms with E-state index in [1.807, 2.05) is 23.1 Å². The first-order chi connectivity index (χ1) is 15.1. The number of rotatable bonds is 4. The number of aromatic nitrogens is 3. The predicted octanol–water partition coefficient (Wildman–Crippen LogP) is 3.21. The first kappa shape index (κ1) is 20.1. The fourth-order valence-corrected chi connectivity index (χ4v) is 5.67. The number of pyridine rings is 1. The summed E-state index contributed by atoms with van der Waals surface area (Å²) in [5, 5.41) is 0. The molecule has 2 aliphatic heterocycles. The van der Waals surface area contributed by atoms with Gasteiger partial charge in [-0.05, 0) is 43.0 Å². The molecule has 5 heterocycles. The van der Waals surface area contributed by atoms with Crippen LogP contribution in [0.5, 0.6) is 0 Å². The number of amides is 1. The van der Waals surface area contributed by atoms with Crippen LogP contribution in [0.15, 0.2) is 42.9 Å². The number of nitrogens with two attached hydrogens (primary N) is 1. The number of hydrogen-bond acceptors (Lipinski definition) is 7. The molecule has 0 atom stereocenters. The smallest absolute Gasteiger partial charge is 0.222 e. The minimum absolute atomic E-state index is 0.194. The Morgan fingerprint density at radius 1 is 1.19 bits per heavy atom. The quantitative estimate of drug-likeness (QED) is 0.676. The minimum atomic E-state index is -0.304. The third-order valence-electron chi connectivity index (χ3n) is 6.18. The summed E-state index contributed by atoms with van der Waals surface area (Å²) in [6, 6.07) is 8.03. The highest BCUT2D eigenvalue weighted by Gasteiger charge is 2.42. The van der Waals surface area contributed by atoms with E-state index < -0.39 is 0 Å². The number of nitrogens with zero attached hydrogens (tertiary/aromatic N) is 4. The van der Waals surface area contributed by atoms with Crippen LogP contribution in [0.1, 0.15) is 35.4 Å². The van der Waals surface area contributed by atoms with Crippen LogP contribution in [0.3, 0.4) is 0 Å². The molecule has 0 saturated carbocycles. The van der Waals surface area contributed by atoms with E-state index in [0.717, 1.165) is 35.5 Å². The van der Waals surface area contributed by atoms with E-state index in [1.54, 1.807) is 29.9 Å². The summed E-state index contributed by atoms with van der Waals surface area (Å²) in [5.41, 5.74) is 8.44. The zero-order valence-electron chi connectivity index (χ0n) is 17.3. The third-order valence-corrected chi connectivity index (χ3v) is 7.39. The van der Waals surface area contributed by atoms with Gasteiger partial charge in [-0.15, -0.1) is 11.3 Å². The van der Waals surface area contributed by atoms with Crippen molar-refractivity contribution in [3.05, 3.63) is 59.0 Å². The molecule has 8 heteroatoms. The summed E-state index contributed by atoms with van der Waals surface area (Å²) >= 11 is 1.76. The molecule has 0 bridgehead atoms. The van der Waals surface area contributed by atoms with Gasteiger partial charge in [0.05, 0.1) is 35.2 Å². The molecule has 0 unspecified atom stereocenters. The predicted molar refractivity (Wildman–Crippen MR) is 119 cm³/mol. The van der Waals surface area contributed by atoms with E-state index in [9.17, 15) is 4.79 Å². The molecular weight excluding hydrogens is 410 g/mol. The molecule has 5 rings (SSSR count). The number of piperidine rings is 1. The van der Waals surface area contributed by atoms with Gasteiger partial charge in [0.2, 0.25) is 5.91 Å². The maximum atomic E-state index is 12.7. The van der Waals surface area contributed by atoms with E-state index in [0.29, 0.717) is 38.4 Å². The van der Waals surface area contributed by atoms with Crippen molar-refractivity contribution in [2.24, 2.45) is 0 Å². The Labute approximate surface area is 185 Å². The van der Waals surface area contributed by atoms with Crippen LogP contribution in [-0.2, 0) is 28.0 Å². The van der Waals surface area contributed by atoms with Gasteiger partial charge in [0.1, 0.15) is 5.82 Å². The van der Waals surface area contributed by atoms with Gasteiger partial charge in [-0.1, -0.05) is 6.07 Å². The van der Waals surface area contributed by atoms with E-state index in [2.05, 4.69) is 21.0 Å². The lowest BCUT2D eigenvalue weighted by Gasteiger charge is -2.44. The number of nitrogen functional groups attached to an aromatic ring is 1. The molecule has 1 saturated heterocycles. The van der Waals surface area contributed by atoms with Gasteiger partial charge in [-0.2, -0.15) is 0 Å². The lowest BCUT2D eigenvalue weighted by atomic mass is 9.82. The topological polar surface area (TPSA) is 94.2 Å². The number of hydrogen-bond donors (Lipinski definition) is 1. The maximum Gasteiger partial charge on any atom is 0.222 e. The lowest BCUT2D eigenvalue weighted by molar-refractivity contribution is -0.140. The molecule has 160 valence electrons. The van der Waals surface area contributed by atoms with Crippen LogP contribution in [0, 0.1) is 0 Å². The fourth-order valence-electron chi connectivity index (χ4n) is 4.48. The second-order valence-corrected chi connectivity index (χ2v) is 9.21. The van der Waals surface area contributed by atoms with Gasteiger partial charge in [0, 0.05) is 42.7 Å². The van der Waals surface area contributed by atoms with Crippen LogP contribution in [0.25, 0.3) is 10.6 Å². The number of thiophene rings is 1. The molecular formula is C23H25N5O2S. The number of likely N-dealkylation sites (tertiary alicyclic amines) is 1. The van der Waals surface area contributed by atoms with E-state index >= 15 is 0 Å². The standard InChI is InChI=1S/C23H25N5O2S/c24-21-15-26-18(14-27-21)20-13-17-19(31-20)6-12-30-23(17)7-10-28(11-8-23)22(29)5-4-16-3-1-2-9-25-16/h1-3,9,13-15H,4-8,10-12H2,(H2,24,27). The van der Waals surface area contributed by atoms with Gasteiger partial charge in [-0.3, -0.25) is 9.78 Å². The molecule has 0 radical (unpaired) electrons. The monoisotopic (exact) mass is 435 g/mol. The summed E-state index contributed by atoms with van der Waals surface area (Å²) in [6.07, 6.45) is 8.81. The molecule has 1 amide bonds. The highest BCUT2D eigenvalue weighted by molar-refractivity contribution is 7.15. The highest BCUT2D eigenvalue weighted by atomic mass is 32.1. The molecule has 1 fully saturated rings. The zero-order chi connectivity index (χ0) is 21.3. The molecule has 0 aromatic carbocycles. The van der Waals surface area contributed by atoms with Crippen molar-refractivity contribution >= 4 is 23.1 Å². The second kappa shape index (κ2) is 8.36. The largest absolute Gasteiger partial charge is 0.382 e. The second-order valence-electron chi connectivity index (χ2n) is 8.07. The fraction of sp³-hybridized carbons (Fsp3) is 0.391. The normalized spacial score (nSPS) is 17.5. The molecule has 3 aromatic heterocycles. The first-order valence-corrected chi connectivity index (χ1v) is 11.5. The SMILES string of the molecule is Nc1cnc(-c2cc3c(s2)CCOC32CCN(C(=O)CCc3ccccn3)CC2)cn1. The van der Waals surface area contributed by atoms with Gasteiger partial charge >= 0.3 is 0 Å². The molecule has 3 aromatic rings. The summed E-state index contributed by atoms with van der Waals surface area (Å²) in [5.74, 6) is 0.615. The molecule has 7 nitrogen and oxygen atoms in total. The number of fused-ring (bicyclic) bond motifs is 2. The average molecular weight is 436 g/mol. The van der Waals surface area contributed by atoms with E-state index in [1.165, 1.54) is 10.4 Å². The van der Waals surface area contributed by atoms with Crippen molar-refractivity contribution in [1.29, 1.82) is 0 Å². The molecule has 0 aliphatic carbocycles. The van der Waals surface area contributed by atoms with Crippen molar-refractivity contribution in [2.45, 2.75) is 37.7 Å². The van der Waals surface area contributed by atoms with Crippen LogP contribution in [0.4, 0.5) is 5.82 Å². The highest BCUT2D eigenvalue weighted by Crippen LogP contribution is 2.46. The van der Waals surface area contributed by atoms with Crippen molar-refractivity contribution in [2.75, 3.05) is 25.4 Å². The number of anilines is 1. The van der Waals surface area contributed by atoms with Crippen molar-refractivity contribution < 1.29 is 9.53 Å². The Morgan fingerprint density at radius 2 is 2.06 bits per heavy atom. The average Bonchev–Trinajstić information content (AvgIpc) is 3.25. The summed E-state index contributed by atoms with van der Waals surface area (Å²) in [4.78, 5) is 30.1. The number of carbonyl (C=O) groups is 1. The van der Waals surface area contributed by atoms with Gasteiger partial charge in [0.15, 0.2) is 0 Å². The lowest BCUT2D eigenvalue weighted by Crippen LogP contribution is -2.48. The van der Waals surface area contributed by atoms with E-state index in [-0.39, 0.29) is 11.5 Å². The Balaban J connectivity index is 1.27. The van der Waals surface area contributed by atoms with Crippen molar-refractivity contribution in [3.8, 4) is 10.6 Å². The zero-order valence-corrected chi connectivity index (χ0v) is 18.1. The van der Waals surface area contributed by atoms with Crippen LogP contribution >= 0.6 is 11.3 Å². The Kier molecular flexibility index (Phi) is 5.41. The Morgan fingerprint density at radius 3 is 2.81 bits per heavy atom. The minimum Gasteiger partial charge on any atom is -0.382 e. The number of aryl methyl sites for hydroxylation is 1. The van der Waals surface area contributed by atoms with Crippen LogP contribution in [0.2, 0.25) is 0 Å². The number of carbonyl (C=O) groups excluding carboxylic acids is 1. The van der Waals surface area contributed by atoms with Gasteiger partial charge < -0.3 is 15.4 Å². The first-order valence-electron chi connectivity index (χ1n) is 10.7. The Hall–Kier alpha value is -2.84. The van der Waals surface area contributed by atoms with Gasteiger partial charge in [-0.25, -0.2) is 9.97 Å². The molecule has 2 N–H and O–H groups in total. The van der Waals surface area contributed by atoms with Crippen LogP contribution in [-0.4, -0.2) is 45.5 Å². The summed E-state index contributed by atoms with van der Waals surface area (Å²) in [6.45, 7) is 2.15. The van der Waals surface area contributed by atoms with Crippen molar-refractivity contribution in [3.63, 3.8) is 0 Å². The number of ether oxygens (including phenoxy) is 1. The Bertz CT molecular complexity index is 1060. The maximum absolute atomic E-state index is 12.7. The van der Waals surface area contributed by atoms with Gasteiger partial charge in [0.25, 0.3) is 0 Å². The third kappa shape index (κ3) is 4.05. The molecule has 2 aliphatic rings. The summed E-state index contributed by atoms with van der Waals surface area (Å²) < 4.78 is 6.36. The molecule has 31 heavy (non-hydrogen) atoms. The molecule has 1 spiro atoms.